The molecule has 1 N–H and O–H groups in total. The average molecular weight is 235 g/mol. The van der Waals surface area contributed by atoms with E-state index in [4.69, 9.17) is 4.74 Å². The van der Waals surface area contributed by atoms with Gasteiger partial charge in [-0.3, -0.25) is 0 Å². The molecule has 0 heterocycles. The summed E-state index contributed by atoms with van der Waals surface area (Å²) in [6.07, 6.45) is 1.06. The number of para-hydroxylation sites is 1. The molecule has 1 unspecified atom stereocenters. The lowest BCUT2D eigenvalue weighted by molar-refractivity contribution is 0.303. The maximum absolute atomic E-state index is 5.62. The van der Waals surface area contributed by atoms with Crippen LogP contribution in [0.4, 0.5) is 0 Å². The second-order valence-electron chi connectivity index (χ2n) is 4.94. The van der Waals surface area contributed by atoms with Crippen molar-refractivity contribution in [1.29, 1.82) is 0 Å². The standard InChI is InChI=1S/C15H25NO/c1-13(2)14(3)12-16-10-7-11-17-15-8-5-4-6-9-15/h4-6,8-9,13-14,16H,7,10-12H2,1-3H3. The van der Waals surface area contributed by atoms with Crippen LogP contribution in [0.3, 0.4) is 0 Å². The Kier molecular flexibility index (Phi) is 6.71. The molecule has 0 fully saturated rings. The molecule has 0 spiro atoms. The van der Waals surface area contributed by atoms with Gasteiger partial charge in [-0.2, -0.15) is 0 Å². The van der Waals surface area contributed by atoms with E-state index in [1.807, 2.05) is 30.3 Å². The minimum absolute atomic E-state index is 0.741. The lowest BCUT2D eigenvalue weighted by atomic mass is 9.98. The molecule has 2 nitrogen and oxygen atoms in total. The fraction of sp³-hybridized carbons (Fsp3) is 0.600. The van der Waals surface area contributed by atoms with Crippen LogP contribution in [-0.2, 0) is 0 Å². The van der Waals surface area contributed by atoms with Gasteiger partial charge in [-0.25, -0.2) is 0 Å². The van der Waals surface area contributed by atoms with Crippen molar-refractivity contribution in [1.82, 2.24) is 5.32 Å². The Hall–Kier alpha value is -1.02. The van der Waals surface area contributed by atoms with Gasteiger partial charge in [-0.05, 0) is 43.5 Å². The molecule has 2 heteroatoms. The number of ether oxygens (including phenoxy) is 1. The van der Waals surface area contributed by atoms with Crippen LogP contribution in [0.2, 0.25) is 0 Å². The molecular weight excluding hydrogens is 210 g/mol. The second kappa shape index (κ2) is 8.13. The summed E-state index contributed by atoms with van der Waals surface area (Å²) in [4.78, 5) is 0. The van der Waals surface area contributed by atoms with Crippen LogP contribution in [0.5, 0.6) is 5.75 Å². The maximum Gasteiger partial charge on any atom is 0.119 e. The third-order valence-corrected chi connectivity index (χ3v) is 3.11. The highest BCUT2D eigenvalue weighted by Crippen LogP contribution is 2.09. The van der Waals surface area contributed by atoms with E-state index < -0.39 is 0 Å². The Morgan fingerprint density at radius 1 is 1.12 bits per heavy atom. The summed E-state index contributed by atoms with van der Waals surface area (Å²) in [5, 5.41) is 3.47. The Balaban J connectivity index is 1.98. The second-order valence-corrected chi connectivity index (χ2v) is 4.94. The molecule has 0 aliphatic carbocycles. The van der Waals surface area contributed by atoms with E-state index in [1.54, 1.807) is 0 Å². The minimum Gasteiger partial charge on any atom is -0.494 e. The van der Waals surface area contributed by atoms with Crippen LogP contribution < -0.4 is 10.1 Å². The van der Waals surface area contributed by atoms with Gasteiger partial charge >= 0.3 is 0 Å². The van der Waals surface area contributed by atoms with E-state index in [2.05, 4.69) is 26.1 Å². The van der Waals surface area contributed by atoms with E-state index in [0.717, 1.165) is 43.7 Å². The van der Waals surface area contributed by atoms with Crippen LogP contribution in [0.25, 0.3) is 0 Å². The summed E-state index contributed by atoms with van der Waals surface area (Å²) in [5.74, 6) is 2.45. The van der Waals surface area contributed by atoms with Crippen molar-refractivity contribution in [3.05, 3.63) is 30.3 Å². The van der Waals surface area contributed by atoms with E-state index in [1.165, 1.54) is 0 Å². The van der Waals surface area contributed by atoms with Crippen LogP contribution in [-0.4, -0.2) is 19.7 Å². The summed E-state index contributed by atoms with van der Waals surface area (Å²) < 4.78 is 5.62. The summed E-state index contributed by atoms with van der Waals surface area (Å²) in [6, 6.07) is 9.99. The minimum atomic E-state index is 0.741. The summed E-state index contributed by atoms with van der Waals surface area (Å²) >= 11 is 0. The van der Waals surface area contributed by atoms with Crippen LogP contribution in [0.1, 0.15) is 27.2 Å². The molecule has 17 heavy (non-hydrogen) atoms. The number of hydrogen-bond donors (Lipinski definition) is 1. The molecule has 0 radical (unpaired) electrons. The molecule has 96 valence electrons. The highest BCUT2D eigenvalue weighted by Gasteiger charge is 2.05. The molecule has 0 amide bonds. The normalized spacial score (nSPS) is 12.7. The SMILES string of the molecule is CC(C)C(C)CNCCCOc1ccccc1. The van der Waals surface area contributed by atoms with Crippen molar-refractivity contribution < 1.29 is 4.74 Å². The average Bonchev–Trinajstić information content (AvgIpc) is 2.34. The van der Waals surface area contributed by atoms with Gasteiger partial charge in [0.15, 0.2) is 0 Å². The third kappa shape index (κ3) is 6.32. The lowest BCUT2D eigenvalue weighted by Gasteiger charge is -2.16. The Morgan fingerprint density at radius 3 is 2.47 bits per heavy atom. The van der Waals surface area contributed by atoms with Crippen molar-refractivity contribution in [3.63, 3.8) is 0 Å². The zero-order valence-corrected chi connectivity index (χ0v) is 11.3. The van der Waals surface area contributed by atoms with Crippen molar-refractivity contribution in [2.24, 2.45) is 11.8 Å². The van der Waals surface area contributed by atoms with Crippen molar-refractivity contribution in [3.8, 4) is 5.75 Å². The van der Waals surface area contributed by atoms with Crippen LogP contribution in [0.15, 0.2) is 30.3 Å². The summed E-state index contributed by atoms with van der Waals surface area (Å²) in [6.45, 7) is 9.74. The van der Waals surface area contributed by atoms with E-state index in [0.29, 0.717) is 0 Å². The van der Waals surface area contributed by atoms with Crippen LogP contribution in [0, 0.1) is 11.8 Å². The first-order valence-corrected chi connectivity index (χ1v) is 6.58. The first kappa shape index (κ1) is 14.0. The molecule has 0 aliphatic heterocycles. The summed E-state index contributed by atoms with van der Waals surface area (Å²) in [7, 11) is 0. The number of nitrogens with one attached hydrogen (secondary N) is 1. The molecule has 1 aromatic carbocycles. The maximum atomic E-state index is 5.62. The monoisotopic (exact) mass is 235 g/mol. The molecule has 1 atom stereocenters. The Bertz CT molecular complexity index is 284. The van der Waals surface area contributed by atoms with Gasteiger partial charge in [0.1, 0.15) is 5.75 Å². The van der Waals surface area contributed by atoms with E-state index in [9.17, 15) is 0 Å². The molecule has 0 saturated carbocycles. The fourth-order valence-electron chi connectivity index (χ4n) is 1.47. The van der Waals surface area contributed by atoms with Gasteiger partial charge in [-0.15, -0.1) is 0 Å². The van der Waals surface area contributed by atoms with Gasteiger partial charge < -0.3 is 10.1 Å². The molecule has 0 aromatic heterocycles. The lowest BCUT2D eigenvalue weighted by Crippen LogP contribution is -2.25. The van der Waals surface area contributed by atoms with Gasteiger partial charge in [0, 0.05) is 0 Å². The Morgan fingerprint density at radius 2 is 1.82 bits per heavy atom. The van der Waals surface area contributed by atoms with Gasteiger partial charge in [-0.1, -0.05) is 39.0 Å². The largest absolute Gasteiger partial charge is 0.494 e. The molecule has 1 aromatic rings. The highest BCUT2D eigenvalue weighted by atomic mass is 16.5. The van der Waals surface area contributed by atoms with E-state index in [-0.39, 0.29) is 0 Å². The smallest absolute Gasteiger partial charge is 0.119 e. The first-order chi connectivity index (χ1) is 8.20. The van der Waals surface area contributed by atoms with E-state index >= 15 is 0 Å². The quantitative estimate of drug-likeness (QED) is 0.698. The first-order valence-electron chi connectivity index (χ1n) is 6.58. The third-order valence-electron chi connectivity index (χ3n) is 3.11. The molecule has 0 saturated heterocycles. The molecule has 0 bridgehead atoms. The molecule has 0 aliphatic rings. The number of rotatable bonds is 8. The zero-order chi connectivity index (χ0) is 12.5. The van der Waals surface area contributed by atoms with Crippen molar-refractivity contribution in [2.45, 2.75) is 27.2 Å². The fourth-order valence-corrected chi connectivity index (χ4v) is 1.47. The summed E-state index contributed by atoms with van der Waals surface area (Å²) in [5.41, 5.74) is 0. The molecule has 1 rings (SSSR count). The van der Waals surface area contributed by atoms with Crippen molar-refractivity contribution in [2.75, 3.05) is 19.7 Å². The van der Waals surface area contributed by atoms with Gasteiger partial charge in [0.25, 0.3) is 0 Å². The zero-order valence-electron chi connectivity index (χ0n) is 11.3. The van der Waals surface area contributed by atoms with Gasteiger partial charge in [0.05, 0.1) is 6.61 Å². The topological polar surface area (TPSA) is 21.3 Å². The highest BCUT2D eigenvalue weighted by molar-refractivity contribution is 5.20. The predicted octanol–water partition coefficient (Wildman–Crippen LogP) is 3.34. The number of benzene rings is 1. The number of hydrogen-bond acceptors (Lipinski definition) is 2. The van der Waals surface area contributed by atoms with Crippen molar-refractivity contribution >= 4 is 0 Å². The predicted molar refractivity (Wildman–Crippen MR) is 73.4 cm³/mol. The van der Waals surface area contributed by atoms with Crippen LogP contribution >= 0.6 is 0 Å². The Labute approximate surface area is 105 Å². The van der Waals surface area contributed by atoms with Gasteiger partial charge in [0.2, 0.25) is 0 Å². The molecular formula is C15H25NO.